The number of hydrogen-bond donors (Lipinski definition) is 1. The molecule has 1 aromatic heterocycles. The zero-order valence-electron chi connectivity index (χ0n) is 13.0. The van der Waals surface area contributed by atoms with Gasteiger partial charge in [0.25, 0.3) is 0 Å². The lowest BCUT2D eigenvalue weighted by molar-refractivity contribution is 0.165. The number of aryl methyl sites for hydroxylation is 1. The molecule has 1 saturated heterocycles. The van der Waals surface area contributed by atoms with Crippen LogP contribution < -0.4 is 5.32 Å². The molecule has 0 amide bonds. The van der Waals surface area contributed by atoms with E-state index in [-0.39, 0.29) is 5.54 Å². The highest BCUT2D eigenvalue weighted by atomic mass is 15.0. The minimum Gasteiger partial charge on any atom is -0.310 e. The van der Waals surface area contributed by atoms with Crippen molar-refractivity contribution in [3.05, 3.63) is 29.6 Å². The standard InChI is InChI=1S/C18H28N2/c1-14(2)18(11-4-3-5-13-20-18)16-10-6-8-15-9-7-12-19-17(15)16/h7,9,12,14,16,20H,3-6,8,10-11,13H2,1-2H3. The second-order valence-electron chi connectivity index (χ2n) is 6.93. The third kappa shape index (κ3) is 2.39. The van der Waals surface area contributed by atoms with Crippen molar-refractivity contribution >= 4 is 0 Å². The third-order valence-electron chi connectivity index (χ3n) is 5.57. The molecule has 1 fully saturated rings. The quantitative estimate of drug-likeness (QED) is 0.878. The fourth-order valence-corrected chi connectivity index (χ4v) is 4.43. The maximum absolute atomic E-state index is 4.79. The number of fused-ring (bicyclic) bond motifs is 1. The molecule has 1 aliphatic heterocycles. The fraction of sp³-hybridized carbons (Fsp3) is 0.722. The predicted octanol–water partition coefficient (Wildman–Crippen LogP) is 4.06. The van der Waals surface area contributed by atoms with E-state index in [1.165, 1.54) is 62.7 Å². The topological polar surface area (TPSA) is 24.9 Å². The van der Waals surface area contributed by atoms with Crippen LogP contribution in [0, 0.1) is 5.92 Å². The first-order chi connectivity index (χ1) is 9.74. The highest BCUT2D eigenvalue weighted by molar-refractivity contribution is 5.30. The van der Waals surface area contributed by atoms with Crippen molar-refractivity contribution in [1.29, 1.82) is 0 Å². The van der Waals surface area contributed by atoms with Gasteiger partial charge in [-0.3, -0.25) is 4.98 Å². The molecule has 2 heterocycles. The molecule has 0 aromatic carbocycles. The van der Waals surface area contributed by atoms with E-state index in [9.17, 15) is 0 Å². The maximum Gasteiger partial charge on any atom is 0.0484 e. The molecule has 20 heavy (non-hydrogen) atoms. The molecule has 1 N–H and O–H groups in total. The molecule has 2 aliphatic rings. The molecule has 110 valence electrons. The largest absolute Gasteiger partial charge is 0.310 e. The third-order valence-corrected chi connectivity index (χ3v) is 5.57. The van der Waals surface area contributed by atoms with E-state index >= 15 is 0 Å². The average molecular weight is 272 g/mol. The number of nitrogens with one attached hydrogen (secondary N) is 1. The smallest absolute Gasteiger partial charge is 0.0484 e. The summed E-state index contributed by atoms with van der Waals surface area (Å²) in [6.45, 7) is 5.97. The van der Waals surface area contributed by atoms with Gasteiger partial charge in [-0.1, -0.05) is 32.8 Å². The number of aromatic nitrogens is 1. The van der Waals surface area contributed by atoms with Crippen LogP contribution in [0.15, 0.2) is 18.3 Å². The van der Waals surface area contributed by atoms with Crippen molar-refractivity contribution in [3.8, 4) is 0 Å². The fourth-order valence-electron chi connectivity index (χ4n) is 4.43. The van der Waals surface area contributed by atoms with E-state index in [0.29, 0.717) is 11.8 Å². The number of pyridine rings is 1. The Kier molecular flexibility index (Phi) is 4.11. The second-order valence-corrected chi connectivity index (χ2v) is 6.93. The van der Waals surface area contributed by atoms with Gasteiger partial charge in [0, 0.05) is 23.3 Å². The molecule has 1 aliphatic carbocycles. The molecule has 2 atom stereocenters. The van der Waals surface area contributed by atoms with Crippen molar-refractivity contribution < 1.29 is 0 Å². The van der Waals surface area contributed by atoms with Crippen LogP contribution in [0.2, 0.25) is 0 Å². The van der Waals surface area contributed by atoms with Crippen LogP contribution in [-0.2, 0) is 6.42 Å². The van der Waals surface area contributed by atoms with Crippen LogP contribution in [0.5, 0.6) is 0 Å². The summed E-state index contributed by atoms with van der Waals surface area (Å²) in [6, 6.07) is 4.39. The normalized spacial score (nSPS) is 30.9. The van der Waals surface area contributed by atoms with Crippen molar-refractivity contribution in [2.75, 3.05) is 6.54 Å². The van der Waals surface area contributed by atoms with Gasteiger partial charge in [-0.2, -0.15) is 0 Å². The average Bonchev–Trinajstić information content (AvgIpc) is 2.73. The molecule has 0 bridgehead atoms. The van der Waals surface area contributed by atoms with Crippen molar-refractivity contribution in [1.82, 2.24) is 10.3 Å². The zero-order valence-corrected chi connectivity index (χ0v) is 13.0. The predicted molar refractivity (Wildman–Crippen MR) is 84.0 cm³/mol. The van der Waals surface area contributed by atoms with Gasteiger partial charge in [0.05, 0.1) is 0 Å². The minimum absolute atomic E-state index is 0.264. The molecule has 2 nitrogen and oxygen atoms in total. The number of nitrogens with zero attached hydrogens (tertiary/aromatic N) is 1. The van der Waals surface area contributed by atoms with Gasteiger partial charge in [0.1, 0.15) is 0 Å². The minimum atomic E-state index is 0.264. The Bertz CT molecular complexity index is 444. The lowest BCUT2D eigenvalue weighted by Gasteiger charge is -2.46. The maximum atomic E-state index is 4.79. The first-order valence-corrected chi connectivity index (χ1v) is 8.43. The molecule has 2 unspecified atom stereocenters. The summed E-state index contributed by atoms with van der Waals surface area (Å²) in [5.74, 6) is 1.27. The Morgan fingerprint density at radius 2 is 2.15 bits per heavy atom. The highest BCUT2D eigenvalue weighted by Crippen LogP contribution is 2.45. The van der Waals surface area contributed by atoms with Crippen molar-refractivity contribution in [3.63, 3.8) is 0 Å². The zero-order chi connectivity index (χ0) is 14.0. The van der Waals surface area contributed by atoms with Gasteiger partial charge >= 0.3 is 0 Å². The van der Waals surface area contributed by atoms with E-state index < -0.39 is 0 Å². The van der Waals surface area contributed by atoms with Gasteiger partial charge in [-0.05, 0) is 56.2 Å². The van der Waals surface area contributed by atoms with Crippen LogP contribution >= 0.6 is 0 Å². The summed E-state index contributed by atoms with van der Waals surface area (Å²) >= 11 is 0. The van der Waals surface area contributed by atoms with Gasteiger partial charge < -0.3 is 5.32 Å². The van der Waals surface area contributed by atoms with Crippen LogP contribution in [-0.4, -0.2) is 17.1 Å². The summed E-state index contributed by atoms with van der Waals surface area (Å²) < 4.78 is 0. The summed E-state index contributed by atoms with van der Waals surface area (Å²) in [4.78, 5) is 4.79. The van der Waals surface area contributed by atoms with Gasteiger partial charge in [-0.15, -0.1) is 0 Å². The van der Waals surface area contributed by atoms with Crippen LogP contribution in [0.4, 0.5) is 0 Å². The molecular weight excluding hydrogens is 244 g/mol. The molecular formula is C18H28N2. The molecule has 1 aromatic rings. The van der Waals surface area contributed by atoms with Crippen molar-refractivity contribution in [2.24, 2.45) is 5.92 Å². The van der Waals surface area contributed by atoms with Gasteiger partial charge in [0.15, 0.2) is 0 Å². The van der Waals surface area contributed by atoms with E-state index in [1.807, 2.05) is 6.20 Å². The van der Waals surface area contributed by atoms with E-state index in [1.54, 1.807) is 0 Å². The van der Waals surface area contributed by atoms with E-state index in [2.05, 4.69) is 31.3 Å². The molecule has 0 saturated carbocycles. The molecule has 2 heteroatoms. The van der Waals surface area contributed by atoms with Crippen LogP contribution in [0.25, 0.3) is 0 Å². The monoisotopic (exact) mass is 272 g/mol. The summed E-state index contributed by atoms with van der Waals surface area (Å²) in [6.07, 6.45) is 11.2. The van der Waals surface area contributed by atoms with Crippen LogP contribution in [0.1, 0.15) is 69.5 Å². The van der Waals surface area contributed by atoms with Gasteiger partial charge in [0.2, 0.25) is 0 Å². The van der Waals surface area contributed by atoms with E-state index in [0.717, 1.165) is 0 Å². The van der Waals surface area contributed by atoms with E-state index in [4.69, 9.17) is 4.98 Å². The van der Waals surface area contributed by atoms with Crippen LogP contribution in [0.3, 0.4) is 0 Å². The Balaban J connectivity index is 2.00. The molecule has 3 rings (SSSR count). The van der Waals surface area contributed by atoms with Crippen molar-refractivity contribution in [2.45, 2.75) is 70.3 Å². The molecule has 0 radical (unpaired) electrons. The summed E-state index contributed by atoms with van der Waals surface area (Å²) in [7, 11) is 0. The Morgan fingerprint density at radius 1 is 1.25 bits per heavy atom. The molecule has 0 spiro atoms. The Morgan fingerprint density at radius 3 is 3.00 bits per heavy atom. The lowest BCUT2D eigenvalue weighted by atomic mass is 9.66. The highest BCUT2D eigenvalue weighted by Gasteiger charge is 2.44. The lowest BCUT2D eigenvalue weighted by Crippen LogP contribution is -2.54. The number of rotatable bonds is 2. The second kappa shape index (κ2) is 5.85. The first kappa shape index (κ1) is 14.1. The summed E-state index contributed by atoms with van der Waals surface area (Å²) in [5, 5.41) is 3.97. The summed E-state index contributed by atoms with van der Waals surface area (Å²) in [5.41, 5.74) is 3.15. The van der Waals surface area contributed by atoms with Gasteiger partial charge in [-0.25, -0.2) is 0 Å². The first-order valence-electron chi connectivity index (χ1n) is 8.43. The number of hydrogen-bond acceptors (Lipinski definition) is 2. The Hall–Kier alpha value is -0.890. The SMILES string of the molecule is CC(C)C1(C2CCCc3cccnc32)CCCCCN1. The Labute approximate surface area is 123 Å².